The van der Waals surface area contributed by atoms with Crippen molar-refractivity contribution in [3.63, 3.8) is 0 Å². The third-order valence-electron chi connectivity index (χ3n) is 4.05. The zero-order chi connectivity index (χ0) is 14.2. The van der Waals surface area contributed by atoms with Crippen molar-refractivity contribution in [3.05, 3.63) is 34.9 Å². The van der Waals surface area contributed by atoms with Gasteiger partial charge < -0.3 is 15.5 Å². The number of nitrogens with two attached hydrogens (primary N) is 1. The number of urea groups is 1. The van der Waals surface area contributed by atoms with E-state index in [-0.39, 0.29) is 18.1 Å². The summed E-state index contributed by atoms with van der Waals surface area (Å²) >= 11 is 0. The fraction of sp³-hybridized carbons (Fsp3) is 0.533. The summed E-state index contributed by atoms with van der Waals surface area (Å²) in [6, 6.07) is 6.70. The second-order valence-electron chi connectivity index (χ2n) is 5.51. The first-order valence-electron chi connectivity index (χ1n) is 6.76. The molecule has 19 heavy (non-hydrogen) atoms. The van der Waals surface area contributed by atoms with Gasteiger partial charge in [0.05, 0.1) is 6.04 Å². The van der Waals surface area contributed by atoms with E-state index in [4.69, 9.17) is 5.73 Å². The first-order valence-corrected chi connectivity index (χ1v) is 6.76. The number of carbonyl (C=O) groups excluding carboxylic acids is 1. The van der Waals surface area contributed by atoms with Crippen LogP contribution in [0.4, 0.5) is 4.79 Å². The van der Waals surface area contributed by atoms with Crippen molar-refractivity contribution < 1.29 is 4.79 Å². The molecule has 0 aliphatic carbocycles. The molecule has 1 heterocycles. The van der Waals surface area contributed by atoms with Gasteiger partial charge in [0.2, 0.25) is 0 Å². The molecule has 0 saturated carbocycles. The van der Waals surface area contributed by atoms with Crippen LogP contribution in [-0.4, -0.2) is 42.0 Å². The second kappa shape index (κ2) is 5.21. The quantitative estimate of drug-likeness (QED) is 0.905. The van der Waals surface area contributed by atoms with Crippen molar-refractivity contribution in [2.24, 2.45) is 5.73 Å². The Labute approximate surface area is 115 Å². The van der Waals surface area contributed by atoms with Gasteiger partial charge in [-0.1, -0.05) is 23.8 Å². The summed E-state index contributed by atoms with van der Waals surface area (Å²) in [5.41, 5.74) is 9.39. The monoisotopic (exact) mass is 261 g/mol. The second-order valence-corrected chi connectivity index (χ2v) is 5.51. The molecule has 2 amide bonds. The van der Waals surface area contributed by atoms with E-state index >= 15 is 0 Å². The fourth-order valence-corrected chi connectivity index (χ4v) is 2.64. The Bertz CT molecular complexity index is 486. The van der Waals surface area contributed by atoms with Gasteiger partial charge in [-0.3, -0.25) is 0 Å². The third-order valence-corrected chi connectivity index (χ3v) is 4.05. The summed E-state index contributed by atoms with van der Waals surface area (Å²) < 4.78 is 0. The summed E-state index contributed by atoms with van der Waals surface area (Å²) in [5, 5.41) is 0. The summed E-state index contributed by atoms with van der Waals surface area (Å²) in [7, 11) is 1.87. The van der Waals surface area contributed by atoms with Gasteiger partial charge in [-0.2, -0.15) is 0 Å². The van der Waals surface area contributed by atoms with Crippen molar-refractivity contribution in [3.8, 4) is 0 Å². The van der Waals surface area contributed by atoms with Gasteiger partial charge in [-0.25, -0.2) is 4.79 Å². The standard InChI is InChI=1S/C15H23N3O/c1-10-5-6-11(2)13(7-10)14-9-18(12(3)8-16)15(19)17(14)4/h5-7,12,14H,8-9,16H2,1-4H3. The van der Waals surface area contributed by atoms with Crippen LogP contribution in [0.5, 0.6) is 0 Å². The molecule has 0 radical (unpaired) electrons. The maximum Gasteiger partial charge on any atom is 0.320 e. The molecule has 1 aliphatic rings. The summed E-state index contributed by atoms with van der Waals surface area (Å²) in [6.07, 6.45) is 0. The molecule has 2 rings (SSSR count). The fourth-order valence-electron chi connectivity index (χ4n) is 2.64. The molecule has 0 spiro atoms. The first kappa shape index (κ1) is 13.9. The summed E-state index contributed by atoms with van der Waals surface area (Å²) in [6.45, 7) is 7.40. The number of carbonyl (C=O) groups is 1. The average molecular weight is 261 g/mol. The molecule has 104 valence electrons. The lowest BCUT2D eigenvalue weighted by Crippen LogP contribution is -2.40. The smallest absolute Gasteiger partial charge is 0.320 e. The number of aryl methyl sites for hydroxylation is 2. The van der Waals surface area contributed by atoms with Crippen LogP contribution < -0.4 is 5.73 Å². The average Bonchev–Trinajstić information content (AvgIpc) is 2.69. The summed E-state index contributed by atoms with van der Waals surface area (Å²) in [5.74, 6) is 0. The number of amides is 2. The lowest BCUT2D eigenvalue weighted by molar-refractivity contribution is 0.185. The third kappa shape index (κ3) is 2.45. The van der Waals surface area contributed by atoms with Gasteiger partial charge in [0.1, 0.15) is 0 Å². The number of benzene rings is 1. The first-order chi connectivity index (χ1) is 8.95. The van der Waals surface area contributed by atoms with Crippen LogP contribution in [0, 0.1) is 13.8 Å². The van der Waals surface area contributed by atoms with Crippen LogP contribution in [0.15, 0.2) is 18.2 Å². The molecule has 1 aromatic carbocycles. The van der Waals surface area contributed by atoms with E-state index < -0.39 is 0 Å². The highest BCUT2D eigenvalue weighted by molar-refractivity contribution is 5.77. The van der Waals surface area contributed by atoms with Crippen LogP contribution in [0.3, 0.4) is 0 Å². The highest BCUT2D eigenvalue weighted by Gasteiger charge is 2.37. The highest BCUT2D eigenvalue weighted by atomic mass is 16.2. The Morgan fingerprint density at radius 2 is 2.11 bits per heavy atom. The van der Waals surface area contributed by atoms with Gasteiger partial charge in [-0.05, 0) is 31.9 Å². The molecule has 2 unspecified atom stereocenters. The van der Waals surface area contributed by atoms with Crippen LogP contribution >= 0.6 is 0 Å². The lowest BCUT2D eigenvalue weighted by Gasteiger charge is -2.21. The predicted molar refractivity (Wildman–Crippen MR) is 77.0 cm³/mol. The van der Waals surface area contributed by atoms with E-state index in [1.807, 2.05) is 23.8 Å². The molecular weight excluding hydrogens is 238 g/mol. The maximum atomic E-state index is 12.3. The molecule has 1 aromatic rings. The Balaban J connectivity index is 2.31. The largest absolute Gasteiger partial charge is 0.328 e. The number of nitrogens with zero attached hydrogens (tertiary/aromatic N) is 2. The topological polar surface area (TPSA) is 49.6 Å². The highest BCUT2D eigenvalue weighted by Crippen LogP contribution is 2.31. The normalized spacial score (nSPS) is 21.1. The maximum absolute atomic E-state index is 12.3. The van der Waals surface area contributed by atoms with Gasteiger partial charge in [0.15, 0.2) is 0 Å². The van der Waals surface area contributed by atoms with E-state index in [0.717, 1.165) is 6.54 Å². The minimum absolute atomic E-state index is 0.0730. The Kier molecular flexibility index (Phi) is 3.80. The lowest BCUT2D eigenvalue weighted by atomic mass is 9.98. The van der Waals surface area contributed by atoms with E-state index in [0.29, 0.717) is 6.54 Å². The Morgan fingerprint density at radius 3 is 2.74 bits per heavy atom. The van der Waals surface area contributed by atoms with Crippen molar-refractivity contribution >= 4 is 6.03 Å². The zero-order valence-electron chi connectivity index (χ0n) is 12.2. The van der Waals surface area contributed by atoms with Crippen LogP contribution in [-0.2, 0) is 0 Å². The van der Waals surface area contributed by atoms with E-state index in [1.165, 1.54) is 16.7 Å². The Morgan fingerprint density at radius 1 is 1.42 bits per heavy atom. The van der Waals surface area contributed by atoms with Gasteiger partial charge in [0, 0.05) is 26.2 Å². The minimum atomic E-state index is 0.0730. The van der Waals surface area contributed by atoms with E-state index in [9.17, 15) is 4.79 Å². The SMILES string of the molecule is Cc1ccc(C)c(C2CN(C(C)CN)C(=O)N2C)c1. The molecule has 0 aromatic heterocycles. The molecule has 1 saturated heterocycles. The van der Waals surface area contributed by atoms with Crippen LogP contribution in [0.1, 0.15) is 29.7 Å². The number of hydrogen-bond acceptors (Lipinski definition) is 2. The molecule has 1 fully saturated rings. The van der Waals surface area contributed by atoms with Gasteiger partial charge >= 0.3 is 6.03 Å². The number of hydrogen-bond donors (Lipinski definition) is 1. The van der Waals surface area contributed by atoms with E-state index in [2.05, 4.69) is 32.0 Å². The molecule has 4 heteroatoms. The molecule has 4 nitrogen and oxygen atoms in total. The van der Waals surface area contributed by atoms with Crippen molar-refractivity contribution in [1.29, 1.82) is 0 Å². The predicted octanol–water partition coefficient (Wildman–Crippen LogP) is 2.06. The van der Waals surface area contributed by atoms with Gasteiger partial charge in [0.25, 0.3) is 0 Å². The minimum Gasteiger partial charge on any atom is -0.328 e. The van der Waals surface area contributed by atoms with Crippen molar-refractivity contribution in [2.75, 3.05) is 20.1 Å². The number of likely N-dealkylation sites (N-methyl/N-ethyl adjacent to an activating group) is 1. The zero-order valence-corrected chi connectivity index (χ0v) is 12.2. The van der Waals surface area contributed by atoms with Crippen molar-refractivity contribution in [2.45, 2.75) is 32.9 Å². The molecule has 2 N–H and O–H groups in total. The molecule has 1 aliphatic heterocycles. The molecule has 2 atom stereocenters. The molecule has 0 bridgehead atoms. The molecular formula is C15H23N3O. The van der Waals surface area contributed by atoms with Crippen molar-refractivity contribution in [1.82, 2.24) is 9.80 Å². The van der Waals surface area contributed by atoms with Crippen LogP contribution in [0.2, 0.25) is 0 Å². The van der Waals surface area contributed by atoms with Gasteiger partial charge in [-0.15, -0.1) is 0 Å². The van der Waals surface area contributed by atoms with E-state index in [1.54, 1.807) is 0 Å². The number of rotatable bonds is 3. The Hall–Kier alpha value is -1.55. The van der Waals surface area contributed by atoms with Crippen LogP contribution in [0.25, 0.3) is 0 Å². The summed E-state index contributed by atoms with van der Waals surface area (Å²) in [4.78, 5) is 16.0.